The molecule has 2 aromatic rings. The predicted octanol–water partition coefficient (Wildman–Crippen LogP) is 3.68. The molecular formula is C17H18N2O2. The fourth-order valence-electron chi connectivity index (χ4n) is 1.85. The number of ketones is 1. The van der Waals surface area contributed by atoms with Gasteiger partial charge in [0.2, 0.25) is 0 Å². The molecule has 0 amide bonds. The minimum Gasteiger partial charge on any atom is -0.494 e. The molecule has 2 rings (SSSR count). The highest BCUT2D eigenvalue weighted by Crippen LogP contribution is 2.17. The molecule has 1 aromatic carbocycles. The van der Waals surface area contributed by atoms with Crippen LogP contribution in [0.1, 0.15) is 24.2 Å². The molecule has 0 atom stereocenters. The molecule has 0 aliphatic carbocycles. The third-order valence-electron chi connectivity index (χ3n) is 2.80. The number of nitrogens with zero attached hydrogens (tertiary/aromatic N) is 1. The van der Waals surface area contributed by atoms with Crippen LogP contribution in [0.25, 0.3) is 0 Å². The zero-order valence-corrected chi connectivity index (χ0v) is 12.2. The average molecular weight is 282 g/mol. The monoisotopic (exact) mass is 282 g/mol. The Labute approximate surface area is 124 Å². The Morgan fingerprint density at radius 1 is 1.29 bits per heavy atom. The molecule has 0 aliphatic heterocycles. The SMILES string of the molecule is CCOc1ccc(N/C(C)=C/C(=O)c2cccnc2)cc1. The molecule has 0 unspecified atom stereocenters. The van der Waals surface area contributed by atoms with Gasteiger partial charge in [0, 0.05) is 35.4 Å². The van der Waals surface area contributed by atoms with Gasteiger partial charge in [-0.2, -0.15) is 0 Å². The highest BCUT2D eigenvalue weighted by Gasteiger charge is 2.03. The summed E-state index contributed by atoms with van der Waals surface area (Å²) in [6.45, 7) is 4.44. The average Bonchev–Trinajstić information content (AvgIpc) is 2.50. The topological polar surface area (TPSA) is 51.2 Å². The van der Waals surface area contributed by atoms with Crippen LogP contribution in [0.5, 0.6) is 5.75 Å². The van der Waals surface area contributed by atoms with Crippen molar-refractivity contribution in [2.45, 2.75) is 13.8 Å². The highest BCUT2D eigenvalue weighted by molar-refractivity contribution is 6.04. The minimum atomic E-state index is -0.0703. The van der Waals surface area contributed by atoms with Gasteiger partial charge in [-0.15, -0.1) is 0 Å². The molecule has 1 N–H and O–H groups in total. The minimum absolute atomic E-state index is 0.0703. The van der Waals surface area contributed by atoms with Crippen LogP contribution in [0.4, 0.5) is 5.69 Å². The summed E-state index contributed by atoms with van der Waals surface area (Å²) >= 11 is 0. The van der Waals surface area contributed by atoms with Crippen LogP contribution in [-0.2, 0) is 0 Å². The number of anilines is 1. The number of allylic oxidation sites excluding steroid dienone is 2. The van der Waals surface area contributed by atoms with Crippen molar-refractivity contribution in [2.75, 3.05) is 11.9 Å². The molecule has 21 heavy (non-hydrogen) atoms. The van der Waals surface area contributed by atoms with E-state index in [1.54, 1.807) is 30.6 Å². The lowest BCUT2D eigenvalue weighted by Crippen LogP contribution is -2.01. The normalized spacial score (nSPS) is 11.0. The molecule has 108 valence electrons. The number of hydrogen-bond acceptors (Lipinski definition) is 4. The standard InChI is InChI=1S/C17H18N2O2/c1-3-21-16-8-6-15(7-9-16)19-13(2)11-17(20)14-5-4-10-18-12-14/h4-12,19H,3H2,1-2H3/b13-11+. The third kappa shape index (κ3) is 4.45. The van der Waals surface area contributed by atoms with E-state index in [2.05, 4.69) is 10.3 Å². The number of nitrogens with one attached hydrogen (secondary N) is 1. The Balaban J connectivity index is 2.01. The molecule has 0 bridgehead atoms. The first kappa shape index (κ1) is 14.8. The second-order valence-electron chi connectivity index (χ2n) is 4.52. The lowest BCUT2D eigenvalue weighted by atomic mass is 10.1. The van der Waals surface area contributed by atoms with E-state index in [1.807, 2.05) is 38.1 Å². The van der Waals surface area contributed by atoms with Crippen molar-refractivity contribution < 1.29 is 9.53 Å². The zero-order valence-electron chi connectivity index (χ0n) is 12.2. The molecule has 0 spiro atoms. The quantitative estimate of drug-likeness (QED) is 0.648. The van der Waals surface area contributed by atoms with Gasteiger partial charge in [0.1, 0.15) is 5.75 Å². The van der Waals surface area contributed by atoms with E-state index in [0.29, 0.717) is 12.2 Å². The lowest BCUT2D eigenvalue weighted by Gasteiger charge is -2.08. The van der Waals surface area contributed by atoms with Crippen molar-refractivity contribution >= 4 is 11.5 Å². The number of carbonyl (C=O) groups excluding carboxylic acids is 1. The van der Waals surface area contributed by atoms with Crippen molar-refractivity contribution in [3.8, 4) is 5.75 Å². The summed E-state index contributed by atoms with van der Waals surface area (Å²) in [5, 5.41) is 3.18. The summed E-state index contributed by atoms with van der Waals surface area (Å²) in [5.74, 6) is 0.759. The summed E-state index contributed by atoms with van der Waals surface area (Å²) in [4.78, 5) is 15.9. The fraction of sp³-hybridized carbons (Fsp3) is 0.176. The molecule has 0 aliphatic rings. The van der Waals surface area contributed by atoms with Gasteiger partial charge >= 0.3 is 0 Å². The fourth-order valence-corrected chi connectivity index (χ4v) is 1.85. The van der Waals surface area contributed by atoms with E-state index in [0.717, 1.165) is 17.1 Å². The van der Waals surface area contributed by atoms with Crippen molar-refractivity contribution in [3.63, 3.8) is 0 Å². The summed E-state index contributed by atoms with van der Waals surface area (Å²) in [6.07, 6.45) is 4.77. The van der Waals surface area contributed by atoms with Gasteiger partial charge in [0.05, 0.1) is 6.61 Å². The number of aromatic nitrogens is 1. The van der Waals surface area contributed by atoms with E-state index in [1.165, 1.54) is 0 Å². The van der Waals surface area contributed by atoms with Crippen LogP contribution in [0.3, 0.4) is 0 Å². The maximum Gasteiger partial charge on any atom is 0.189 e. The molecule has 0 fully saturated rings. The Bertz CT molecular complexity index is 619. The smallest absolute Gasteiger partial charge is 0.189 e. The van der Waals surface area contributed by atoms with Crippen LogP contribution < -0.4 is 10.1 Å². The van der Waals surface area contributed by atoms with Gasteiger partial charge in [-0.05, 0) is 50.2 Å². The molecule has 1 heterocycles. The molecule has 4 nitrogen and oxygen atoms in total. The second kappa shape index (κ2) is 7.24. The molecule has 1 aromatic heterocycles. The molecule has 0 saturated heterocycles. The number of rotatable bonds is 6. The van der Waals surface area contributed by atoms with E-state index < -0.39 is 0 Å². The van der Waals surface area contributed by atoms with Gasteiger partial charge in [-0.25, -0.2) is 0 Å². The summed E-state index contributed by atoms with van der Waals surface area (Å²) < 4.78 is 5.38. The number of pyridine rings is 1. The Morgan fingerprint density at radius 3 is 2.67 bits per heavy atom. The highest BCUT2D eigenvalue weighted by atomic mass is 16.5. The summed E-state index contributed by atoms with van der Waals surface area (Å²) in [5.41, 5.74) is 2.25. The van der Waals surface area contributed by atoms with Crippen molar-refractivity contribution in [3.05, 3.63) is 66.1 Å². The second-order valence-corrected chi connectivity index (χ2v) is 4.52. The third-order valence-corrected chi connectivity index (χ3v) is 2.80. The van der Waals surface area contributed by atoms with Crippen LogP contribution in [0, 0.1) is 0 Å². The Hall–Kier alpha value is -2.62. The van der Waals surface area contributed by atoms with Crippen LogP contribution in [0.2, 0.25) is 0 Å². The first-order valence-electron chi connectivity index (χ1n) is 6.81. The zero-order chi connectivity index (χ0) is 15.1. The van der Waals surface area contributed by atoms with Gasteiger partial charge in [0.25, 0.3) is 0 Å². The number of carbonyl (C=O) groups is 1. The molecule has 0 radical (unpaired) electrons. The molecule has 0 saturated carbocycles. The summed E-state index contributed by atoms with van der Waals surface area (Å²) in [6, 6.07) is 11.1. The van der Waals surface area contributed by atoms with Crippen molar-refractivity contribution in [1.82, 2.24) is 4.98 Å². The summed E-state index contributed by atoms with van der Waals surface area (Å²) in [7, 11) is 0. The van der Waals surface area contributed by atoms with Crippen LogP contribution in [-0.4, -0.2) is 17.4 Å². The van der Waals surface area contributed by atoms with E-state index in [4.69, 9.17) is 4.74 Å². The first-order chi connectivity index (χ1) is 10.2. The largest absolute Gasteiger partial charge is 0.494 e. The predicted molar refractivity (Wildman–Crippen MR) is 83.6 cm³/mol. The van der Waals surface area contributed by atoms with Gasteiger partial charge in [0.15, 0.2) is 5.78 Å². The number of hydrogen-bond donors (Lipinski definition) is 1. The Kier molecular flexibility index (Phi) is 5.10. The maximum absolute atomic E-state index is 12.0. The van der Waals surface area contributed by atoms with Gasteiger partial charge in [-0.1, -0.05) is 0 Å². The van der Waals surface area contributed by atoms with E-state index in [-0.39, 0.29) is 5.78 Å². The van der Waals surface area contributed by atoms with E-state index in [9.17, 15) is 4.79 Å². The van der Waals surface area contributed by atoms with Crippen molar-refractivity contribution in [1.29, 1.82) is 0 Å². The van der Waals surface area contributed by atoms with Crippen LogP contribution >= 0.6 is 0 Å². The number of ether oxygens (including phenoxy) is 1. The first-order valence-corrected chi connectivity index (χ1v) is 6.81. The number of benzene rings is 1. The van der Waals surface area contributed by atoms with Gasteiger partial charge < -0.3 is 10.1 Å². The van der Waals surface area contributed by atoms with E-state index >= 15 is 0 Å². The van der Waals surface area contributed by atoms with Gasteiger partial charge in [-0.3, -0.25) is 9.78 Å². The lowest BCUT2D eigenvalue weighted by molar-refractivity contribution is 0.104. The molecular weight excluding hydrogens is 264 g/mol. The molecule has 4 heteroatoms. The Morgan fingerprint density at radius 2 is 2.05 bits per heavy atom. The van der Waals surface area contributed by atoms with Crippen LogP contribution in [0.15, 0.2) is 60.6 Å². The van der Waals surface area contributed by atoms with Crippen molar-refractivity contribution in [2.24, 2.45) is 0 Å². The maximum atomic E-state index is 12.0.